The van der Waals surface area contributed by atoms with Gasteiger partial charge >= 0.3 is 0 Å². The van der Waals surface area contributed by atoms with Crippen LogP contribution in [0.3, 0.4) is 0 Å². The number of hydrogen-bond donors (Lipinski definition) is 2. The summed E-state index contributed by atoms with van der Waals surface area (Å²) < 4.78 is 1.93. The molecule has 140 valence electrons. The van der Waals surface area contributed by atoms with Gasteiger partial charge in [-0.05, 0) is 41.5 Å². The van der Waals surface area contributed by atoms with Crippen LogP contribution in [0.1, 0.15) is 24.4 Å². The van der Waals surface area contributed by atoms with Gasteiger partial charge in [0.2, 0.25) is 5.82 Å². The van der Waals surface area contributed by atoms with E-state index in [-0.39, 0.29) is 12.1 Å². The summed E-state index contributed by atoms with van der Waals surface area (Å²) in [5, 5.41) is 29.1. The average molecular weight is 365 g/mol. The molecule has 8 nitrogen and oxygen atoms in total. The smallest absolute Gasteiger partial charge is 0.204 e. The van der Waals surface area contributed by atoms with Gasteiger partial charge in [-0.1, -0.05) is 24.3 Å². The lowest BCUT2D eigenvalue weighted by Gasteiger charge is -2.35. The standard InChI is InChI=1S/C19H23N7O/c27-18-9-16-12-25(11-15(16)8-17(18)26-7-1-6-20-26)10-13-2-4-14(5-3-13)19-21-23-24-22-19/h1-7,15-18,27H,8-12H2,(H,21,22,23,24)/t15-,16+,17-,18-/m1/s1. The highest BCUT2D eigenvalue weighted by atomic mass is 16.3. The van der Waals surface area contributed by atoms with Crippen molar-refractivity contribution in [1.29, 1.82) is 0 Å². The van der Waals surface area contributed by atoms with Gasteiger partial charge in [0.25, 0.3) is 0 Å². The van der Waals surface area contributed by atoms with Crippen LogP contribution >= 0.6 is 0 Å². The third-order valence-electron chi connectivity index (χ3n) is 6.01. The molecule has 2 aromatic heterocycles. The molecule has 0 amide bonds. The first-order valence-corrected chi connectivity index (χ1v) is 9.48. The Balaban J connectivity index is 1.23. The van der Waals surface area contributed by atoms with Crippen molar-refractivity contribution in [3.63, 3.8) is 0 Å². The molecule has 1 saturated heterocycles. The van der Waals surface area contributed by atoms with Crippen LogP contribution in [-0.2, 0) is 6.54 Å². The Hall–Kier alpha value is -2.58. The fraction of sp³-hybridized carbons (Fsp3) is 0.474. The highest BCUT2D eigenvalue weighted by Crippen LogP contribution is 2.41. The lowest BCUT2D eigenvalue weighted by atomic mass is 9.77. The molecule has 0 spiro atoms. The first-order chi connectivity index (χ1) is 13.3. The second-order valence-corrected chi connectivity index (χ2v) is 7.74. The zero-order chi connectivity index (χ0) is 18.2. The van der Waals surface area contributed by atoms with Gasteiger partial charge in [-0.25, -0.2) is 0 Å². The highest BCUT2D eigenvalue weighted by Gasteiger charge is 2.42. The number of aliphatic hydroxyl groups is 1. The molecule has 1 saturated carbocycles. The van der Waals surface area contributed by atoms with Crippen LogP contribution in [0.15, 0.2) is 42.7 Å². The van der Waals surface area contributed by atoms with Crippen molar-refractivity contribution in [3.8, 4) is 11.4 Å². The first-order valence-electron chi connectivity index (χ1n) is 9.48. The number of aliphatic hydroxyl groups excluding tert-OH is 1. The van der Waals surface area contributed by atoms with Gasteiger partial charge in [0.15, 0.2) is 0 Å². The minimum Gasteiger partial charge on any atom is -0.391 e. The van der Waals surface area contributed by atoms with Crippen LogP contribution in [0.5, 0.6) is 0 Å². The SMILES string of the molecule is O[C@@H]1C[C@H]2CN(Cc3ccc(-c4nn[nH]n4)cc3)C[C@H]2C[C@H]1n1cccn1. The predicted octanol–water partition coefficient (Wildman–Crippen LogP) is 1.51. The van der Waals surface area contributed by atoms with Crippen LogP contribution < -0.4 is 0 Å². The lowest BCUT2D eigenvalue weighted by Crippen LogP contribution is -2.36. The number of fused-ring (bicyclic) bond motifs is 1. The second-order valence-electron chi connectivity index (χ2n) is 7.74. The first kappa shape index (κ1) is 16.6. The molecule has 3 aromatic rings. The molecular formula is C19H23N7O. The number of aromatic nitrogens is 6. The van der Waals surface area contributed by atoms with Crippen LogP contribution in [0.4, 0.5) is 0 Å². The maximum atomic E-state index is 10.6. The molecule has 2 fully saturated rings. The van der Waals surface area contributed by atoms with Gasteiger partial charge in [-0.2, -0.15) is 10.3 Å². The number of hydrogen-bond acceptors (Lipinski definition) is 6. The highest BCUT2D eigenvalue weighted by molar-refractivity contribution is 5.54. The molecule has 0 bridgehead atoms. The third kappa shape index (κ3) is 3.26. The predicted molar refractivity (Wildman–Crippen MR) is 98.4 cm³/mol. The van der Waals surface area contributed by atoms with Gasteiger partial charge < -0.3 is 5.11 Å². The van der Waals surface area contributed by atoms with Crippen molar-refractivity contribution >= 4 is 0 Å². The number of rotatable bonds is 4. The molecule has 27 heavy (non-hydrogen) atoms. The summed E-state index contributed by atoms with van der Waals surface area (Å²) in [6, 6.07) is 10.4. The van der Waals surface area contributed by atoms with Gasteiger partial charge in [0.05, 0.1) is 12.1 Å². The van der Waals surface area contributed by atoms with Crippen LogP contribution in [0.25, 0.3) is 11.4 Å². The van der Waals surface area contributed by atoms with Crippen LogP contribution in [0, 0.1) is 11.8 Å². The van der Waals surface area contributed by atoms with Gasteiger partial charge in [-0.15, -0.1) is 10.2 Å². The van der Waals surface area contributed by atoms with E-state index in [1.807, 2.05) is 29.1 Å². The number of aromatic amines is 1. The Morgan fingerprint density at radius 3 is 2.63 bits per heavy atom. The molecule has 4 atom stereocenters. The number of nitrogens with one attached hydrogen (secondary N) is 1. The van der Waals surface area contributed by atoms with Crippen molar-refractivity contribution in [1.82, 2.24) is 35.3 Å². The summed E-state index contributed by atoms with van der Waals surface area (Å²) >= 11 is 0. The summed E-state index contributed by atoms with van der Waals surface area (Å²) in [6.45, 7) is 3.07. The molecule has 0 unspecified atom stereocenters. The summed E-state index contributed by atoms with van der Waals surface area (Å²) in [6.07, 6.45) is 5.31. The zero-order valence-electron chi connectivity index (χ0n) is 15.0. The van der Waals surface area contributed by atoms with E-state index in [0.29, 0.717) is 17.7 Å². The van der Waals surface area contributed by atoms with Gasteiger partial charge in [0.1, 0.15) is 0 Å². The Bertz CT molecular complexity index is 862. The van der Waals surface area contributed by atoms with Gasteiger partial charge in [0, 0.05) is 37.6 Å². The molecule has 1 aliphatic carbocycles. The summed E-state index contributed by atoms with van der Waals surface area (Å²) in [7, 11) is 0. The Morgan fingerprint density at radius 1 is 1.11 bits per heavy atom. The van der Waals surface area contributed by atoms with E-state index in [0.717, 1.165) is 38.0 Å². The largest absolute Gasteiger partial charge is 0.391 e. The van der Waals surface area contributed by atoms with E-state index in [9.17, 15) is 5.11 Å². The number of tetrazole rings is 1. The average Bonchev–Trinajstić information content (AvgIpc) is 3.43. The van der Waals surface area contributed by atoms with Gasteiger partial charge in [-0.3, -0.25) is 9.58 Å². The fourth-order valence-corrected chi connectivity index (χ4v) is 4.70. The number of benzene rings is 1. The second kappa shape index (κ2) is 6.86. The van der Waals surface area contributed by atoms with Crippen LogP contribution in [0.2, 0.25) is 0 Å². The number of nitrogens with zero attached hydrogens (tertiary/aromatic N) is 6. The number of H-pyrrole nitrogens is 1. The topological polar surface area (TPSA) is 95.7 Å². The quantitative estimate of drug-likeness (QED) is 0.728. The summed E-state index contributed by atoms with van der Waals surface area (Å²) in [5.74, 6) is 1.82. The van der Waals surface area contributed by atoms with Crippen molar-refractivity contribution in [2.75, 3.05) is 13.1 Å². The molecule has 1 aromatic carbocycles. The monoisotopic (exact) mass is 365 g/mol. The fourth-order valence-electron chi connectivity index (χ4n) is 4.70. The van der Waals surface area contributed by atoms with E-state index in [2.05, 4.69) is 42.8 Å². The minimum atomic E-state index is -0.305. The Kier molecular flexibility index (Phi) is 4.21. The van der Waals surface area contributed by atoms with E-state index in [4.69, 9.17) is 0 Å². The van der Waals surface area contributed by atoms with Crippen LogP contribution in [-0.4, -0.2) is 59.6 Å². The molecule has 0 radical (unpaired) electrons. The lowest BCUT2D eigenvalue weighted by molar-refractivity contribution is 0.0306. The van der Waals surface area contributed by atoms with E-state index in [1.165, 1.54) is 5.56 Å². The molecule has 2 aliphatic rings. The molecule has 1 aliphatic heterocycles. The van der Waals surface area contributed by atoms with Crippen molar-refractivity contribution in [2.45, 2.75) is 31.5 Å². The third-order valence-corrected chi connectivity index (χ3v) is 6.01. The van der Waals surface area contributed by atoms with E-state index >= 15 is 0 Å². The molecule has 8 heteroatoms. The Morgan fingerprint density at radius 2 is 1.93 bits per heavy atom. The maximum Gasteiger partial charge on any atom is 0.204 e. The molecule has 5 rings (SSSR count). The van der Waals surface area contributed by atoms with Crippen molar-refractivity contribution < 1.29 is 5.11 Å². The maximum absolute atomic E-state index is 10.6. The minimum absolute atomic E-state index is 0.107. The summed E-state index contributed by atoms with van der Waals surface area (Å²) in [5.41, 5.74) is 2.25. The van der Waals surface area contributed by atoms with Crippen molar-refractivity contribution in [3.05, 3.63) is 48.3 Å². The van der Waals surface area contributed by atoms with Crippen molar-refractivity contribution in [2.24, 2.45) is 11.8 Å². The molecule has 3 heterocycles. The molecular weight excluding hydrogens is 342 g/mol. The Labute approximate surface area is 157 Å². The molecule has 2 N–H and O–H groups in total. The number of likely N-dealkylation sites (tertiary alicyclic amines) is 1. The van der Waals surface area contributed by atoms with E-state index < -0.39 is 0 Å². The zero-order valence-corrected chi connectivity index (χ0v) is 15.0. The van der Waals surface area contributed by atoms with E-state index in [1.54, 1.807) is 6.20 Å². The summed E-state index contributed by atoms with van der Waals surface area (Å²) in [4.78, 5) is 2.51. The normalized spacial score (nSPS) is 28.3.